The van der Waals surface area contributed by atoms with E-state index in [9.17, 15) is 4.79 Å². The Morgan fingerprint density at radius 3 is 2.38 bits per heavy atom. The van der Waals surface area contributed by atoms with Crippen LogP contribution in [0.2, 0.25) is 0 Å². The Morgan fingerprint density at radius 2 is 1.90 bits per heavy atom. The summed E-state index contributed by atoms with van der Waals surface area (Å²) in [4.78, 5) is 15.3. The Hall–Kier alpha value is -1.00. The Bertz CT molecular complexity index is 431. The van der Waals surface area contributed by atoms with E-state index in [4.69, 9.17) is 5.73 Å². The molecule has 1 atom stereocenters. The summed E-state index contributed by atoms with van der Waals surface area (Å²) in [5, 5.41) is 0. The van der Waals surface area contributed by atoms with Gasteiger partial charge in [0.2, 0.25) is 5.91 Å². The lowest BCUT2D eigenvalue weighted by Gasteiger charge is -2.22. The maximum Gasteiger partial charge on any atom is 0.222 e. The smallest absolute Gasteiger partial charge is 0.222 e. The number of benzene rings is 1. The van der Waals surface area contributed by atoms with Crippen molar-refractivity contribution >= 4 is 17.7 Å². The van der Waals surface area contributed by atoms with Gasteiger partial charge < -0.3 is 10.6 Å². The van der Waals surface area contributed by atoms with Gasteiger partial charge in [0.15, 0.2) is 0 Å². The minimum atomic E-state index is 0.181. The second kappa shape index (κ2) is 9.11. The first kappa shape index (κ1) is 18.1. The average Bonchev–Trinajstić information content (AvgIpc) is 2.46. The number of nitrogens with zero attached hydrogens (tertiary/aromatic N) is 1. The van der Waals surface area contributed by atoms with Crippen molar-refractivity contribution in [2.24, 2.45) is 17.6 Å². The topological polar surface area (TPSA) is 46.3 Å². The van der Waals surface area contributed by atoms with E-state index in [0.29, 0.717) is 31.3 Å². The van der Waals surface area contributed by atoms with Crippen LogP contribution in [-0.2, 0) is 11.3 Å². The second-order valence-electron chi connectivity index (χ2n) is 6.03. The zero-order chi connectivity index (χ0) is 15.8. The van der Waals surface area contributed by atoms with Crippen molar-refractivity contribution in [1.29, 1.82) is 0 Å². The first-order chi connectivity index (χ1) is 9.96. The largest absolute Gasteiger partial charge is 0.341 e. The van der Waals surface area contributed by atoms with E-state index < -0.39 is 0 Å². The molecule has 118 valence electrons. The molecule has 1 amide bonds. The van der Waals surface area contributed by atoms with Crippen LogP contribution in [0, 0.1) is 11.8 Å². The molecule has 0 saturated heterocycles. The molecule has 0 radical (unpaired) electrons. The molecule has 1 aromatic rings. The number of hydrogen-bond acceptors (Lipinski definition) is 3. The van der Waals surface area contributed by atoms with Gasteiger partial charge >= 0.3 is 0 Å². The van der Waals surface area contributed by atoms with E-state index in [2.05, 4.69) is 44.4 Å². The third kappa shape index (κ3) is 6.53. The monoisotopic (exact) mass is 308 g/mol. The lowest BCUT2D eigenvalue weighted by molar-refractivity contribution is -0.131. The molecule has 0 aromatic heterocycles. The molecule has 0 aliphatic carbocycles. The first-order valence-electron chi connectivity index (χ1n) is 7.53. The van der Waals surface area contributed by atoms with E-state index in [-0.39, 0.29) is 5.91 Å². The fourth-order valence-electron chi connectivity index (χ4n) is 2.43. The van der Waals surface area contributed by atoms with E-state index in [1.54, 1.807) is 16.7 Å². The molecule has 0 heterocycles. The van der Waals surface area contributed by atoms with E-state index in [1.807, 2.05) is 7.05 Å². The third-order valence-corrected chi connectivity index (χ3v) is 4.35. The summed E-state index contributed by atoms with van der Waals surface area (Å²) in [6.45, 7) is 5.58. The van der Waals surface area contributed by atoms with Crippen molar-refractivity contribution in [1.82, 2.24) is 4.90 Å². The molecular weight excluding hydrogens is 280 g/mol. The van der Waals surface area contributed by atoms with Crippen LogP contribution in [0.4, 0.5) is 0 Å². The predicted octanol–water partition coefficient (Wildman–Crippen LogP) is 3.38. The molecule has 0 spiro atoms. The summed E-state index contributed by atoms with van der Waals surface area (Å²) in [5.41, 5.74) is 6.94. The van der Waals surface area contributed by atoms with Gasteiger partial charge in [0.1, 0.15) is 0 Å². The molecular formula is C17H28N2OS. The molecule has 4 heteroatoms. The highest BCUT2D eigenvalue weighted by atomic mass is 32.2. The summed E-state index contributed by atoms with van der Waals surface area (Å²) in [6.07, 6.45) is 3.62. The van der Waals surface area contributed by atoms with Gasteiger partial charge in [0, 0.05) is 24.9 Å². The number of carbonyl (C=O) groups excluding carboxylic acids is 1. The summed E-state index contributed by atoms with van der Waals surface area (Å²) < 4.78 is 0. The van der Waals surface area contributed by atoms with Gasteiger partial charge in [0.05, 0.1) is 0 Å². The summed E-state index contributed by atoms with van der Waals surface area (Å²) in [6, 6.07) is 8.37. The quantitative estimate of drug-likeness (QED) is 0.749. The highest BCUT2D eigenvalue weighted by Gasteiger charge is 2.17. The number of amides is 1. The minimum absolute atomic E-state index is 0.181. The Morgan fingerprint density at radius 1 is 1.29 bits per heavy atom. The number of nitrogens with two attached hydrogens (primary N) is 1. The van der Waals surface area contributed by atoms with E-state index in [1.165, 1.54) is 4.90 Å². The van der Waals surface area contributed by atoms with Gasteiger partial charge in [0.25, 0.3) is 0 Å². The fraction of sp³-hybridized carbons (Fsp3) is 0.588. The number of carbonyl (C=O) groups is 1. The van der Waals surface area contributed by atoms with Gasteiger partial charge in [-0.25, -0.2) is 0 Å². The lowest BCUT2D eigenvalue weighted by Crippen LogP contribution is -2.30. The maximum absolute atomic E-state index is 12.3. The molecule has 1 rings (SSSR count). The van der Waals surface area contributed by atoms with Gasteiger partial charge in [-0.1, -0.05) is 26.0 Å². The molecule has 0 aliphatic heterocycles. The molecule has 3 nitrogen and oxygen atoms in total. The molecule has 0 aliphatic rings. The van der Waals surface area contributed by atoms with Crippen LogP contribution in [0.3, 0.4) is 0 Å². The normalized spacial score (nSPS) is 12.5. The standard InChI is InChI=1S/C17H28N2OS/c1-13(2)9-15(11-18)10-17(20)19(3)12-14-5-7-16(21-4)8-6-14/h5-8,13,15H,9-12,18H2,1-4H3/t15-/m0/s1. The molecule has 2 N–H and O–H groups in total. The lowest BCUT2D eigenvalue weighted by atomic mass is 9.94. The third-order valence-electron chi connectivity index (χ3n) is 3.61. The van der Waals surface area contributed by atoms with Crippen molar-refractivity contribution in [2.45, 2.75) is 38.1 Å². The van der Waals surface area contributed by atoms with Gasteiger partial charge in [-0.05, 0) is 48.8 Å². The number of rotatable bonds is 8. The minimum Gasteiger partial charge on any atom is -0.341 e. The number of thioether (sulfide) groups is 1. The van der Waals surface area contributed by atoms with Crippen molar-refractivity contribution in [3.8, 4) is 0 Å². The molecule has 21 heavy (non-hydrogen) atoms. The average molecular weight is 308 g/mol. The maximum atomic E-state index is 12.3. The van der Waals surface area contributed by atoms with Crippen LogP contribution < -0.4 is 5.73 Å². The predicted molar refractivity (Wildman–Crippen MR) is 91.3 cm³/mol. The van der Waals surface area contributed by atoms with Gasteiger partial charge in [-0.2, -0.15) is 0 Å². The Balaban J connectivity index is 2.52. The van der Waals surface area contributed by atoms with Crippen LogP contribution >= 0.6 is 11.8 Å². The van der Waals surface area contributed by atoms with Gasteiger partial charge in [-0.15, -0.1) is 11.8 Å². The zero-order valence-corrected chi connectivity index (χ0v) is 14.5. The fourth-order valence-corrected chi connectivity index (χ4v) is 2.83. The van der Waals surface area contributed by atoms with Crippen LogP contribution in [0.25, 0.3) is 0 Å². The summed E-state index contributed by atoms with van der Waals surface area (Å²) in [7, 11) is 1.87. The molecule has 0 bridgehead atoms. The molecule has 1 aromatic carbocycles. The molecule has 0 fully saturated rings. The zero-order valence-electron chi connectivity index (χ0n) is 13.6. The van der Waals surface area contributed by atoms with Crippen LogP contribution in [0.5, 0.6) is 0 Å². The SMILES string of the molecule is CSc1ccc(CN(C)C(=O)C[C@@H](CN)CC(C)C)cc1. The van der Waals surface area contributed by atoms with Crippen LogP contribution in [-0.4, -0.2) is 30.7 Å². The van der Waals surface area contributed by atoms with E-state index in [0.717, 1.165) is 12.0 Å². The summed E-state index contributed by atoms with van der Waals surface area (Å²) >= 11 is 1.73. The second-order valence-corrected chi connectivity index (χ2v) is 6.91. The Labute approximate surface area is 133 Å². The van der Waals surface area contributed by atoms with Crippen molar-refractivity contribution in [2.75, 3.05) is 19.8 Å². The summed E-state index contributed by atoms with van der Waals surface area (Å²) in [5.74, 6) is 1.05. The Kier molecular flexibility index (Phi) is 7.83. The van der Waals surface area contributed by atoms with Crippen molar-refractivity contribution in [3.63, 3.8) is 0 Å². The van der Waals surface area contributed by atoms with Crippen LogP contribution in [0.1, 0.15) is 32.3 Å². The van der Waals surface area contributed by atoms with Crippen LogP contribution in [0.15, 0.2) is 29.2 Å². The first-order valence-corrected chi connectivity index (χ1v) is 8.75. The van der Waals surface area contributed by atoms with Crippen molar-refractivity contribution in [3.05, 3.63) is 29.8 Å². The molecule has 0 unspecified atom stereocenters. The molecule has 0 saturated carbocycles. The van der Waals surface area contributed by atoms with Crippen molar-refractivity contribution < 1.29 is 4.79 Å². The highest BCUT2D eigenvalue weighted by molar-refractivity contribution is 7.98. The van der Waals surface area contributed by atoms with E-state index >= 15 is 0 Å². The van der Waals surface area contributed by atoms with Gasteiger partial charge in [-0.3, -0.25) is 4.79 Å². The number of hydrogen-bond donors (Lipinski definition) is 1. The highest BCUT2D eigenvalue weighted by Crippen LogP contribution is 2.18.